The minimum Gasteiger partial charge on any atom is -0.394 e. The Balaban J connectivity index is 2.03. The number of rotatable bonds is 6. The third-order valence-corrected chi connectivity index (χ3v) is 4.78. The summed E-state index contributed by atoms with van der Waals surface area (Å²) in [4.78, 5) is 0. The smallest absolute Gasteiger partial charge is 0.0903 e. The van der Waals surface area contributed by atoms with Crippen molar-refractivity contribution in [3.8, 4) is 0 Å². The van der Waals surface area contributed by atoms with Crippen LogP contribution in [0.5, 0.6) is 0 Å². The molecule has 21 heavy (non-hydrogen) atoms. The second-order valence-electron chi connectivity index (χ2n) is 6.71. The summed E-state index contributed by atoms with van der Waals surface area (Å²) in [6.45, 7) is 5.15. The standard InChI is InChI=1S/C18H29NO2/c1-14-9-15(2)11-17(10-14)21-13-18(12-20,19-3)16-7-5-4-6-8-16/h4-8,14-15,17,19-20H,9-13H2,1-3H3. The number of hydrogen-bond acceptors (Lipinski definition) is 3. The van der Waals surface area contributed by atoms with Gasteiger partial charge in [0.25, 0.3) is 0 Å². The Morgan fingerprint density at radius 1 is 1.14 bits per heavy atom. The van der Waals surface area contributed by atoms with E-state index in [1.807, 2.05) is 37.4 Å². The molecule has 0 heterocycles. The average Bonchev–Trinajstić information content (AvgIpc) is 2.49. The van der Waals surface area contributed by atoms with E-state index in [4.69, 9.17) is 4.74 Å². The first kappa shape index (κ1) is 16.5. The van der Waals surface area contributed by atoms with Crippen molar-refractivity contribution in [1.29, 1.82) is 0 Å². The maximum Gasteiger partial charge on any atom is 0.0903 e. The molecule has 0 aromatic heterocycles. The van der Waals surface area contributed by atoms with Gasteiger partial charge in [0.2, 0.25) is 0 Å². The van der Waals surface area contributed by atoms with Gasteiger partial charge in [-0.05, 0) is 43.7 Å². The first-order valence-electron chi connectivity index (χ1n) is 8.06. The molecule has 0 amide bonds. The van der Waals surface area contributed by atoms with Crippen LogP contribution in [0, 0.1) is 11.8 Å². The minimum absolute atomic E-state index is 0.0331. The van der Waals surface area contributed by atoms with E-state index in [9.17, 15) is 5.11 Å². The van der Waals surface area contributed by atoms with Gasteiger partial charge >= 0.3 is 0 Å². The van der Waals surface area contributed by atoms with Crippen LogP contribution in [0.1, 0.15) is 38.7 Å². The van der Waals surface area contributed by atoms with Crippen LogP contribution in [0.2, 0.25) is 0 Å². The average molecular weight is 291 g/mol. The van der Waals surface area contributed by atoms with Crippen molar-refractivity contribution in [2.45, 2.75) is 44.8 Å². The second kappa shape index (κ2) is 7.39. The van der Waals surface area contributed by atoms with Crippen molar-refractivity contribution in [2.75, 3.05) is 20.3 Å². The van der Waals surface area contributed by atoms with Gasteiger partial charge in [0, 0.05) is 0 Å². The summed E-state index contributed by atoms with van der Waals surface area (Å²) in [5.74, 6) is 1.46. The molecular formula is C18H29NO2. The van der Waals surface area contributed by atoms with Crippen LogP contribution >= 0.6 is 0 Å². The monoisotopic (exact) mass is 291 g/mol. The molecule has 2 rings (SSSR count). The molecule has 1 aliphatic rings. The number of likely N-dealkylation sites (N-methyl/N-ethyl adjacent to an activating group) is 1. The second-order valence-corrected chi connectivity index (χ2v) is 6.71. The van der Waals surface area contributed by atoms with Crippen LogP contribution < -0.4 is 5.32 Å². The molecule has 0 bridgehead atoms. The van der Waals surface area contributed by atoms with Crippen molar-refractivity contribution in [2.24, 2.45) is 11.8 Å². The van der Waals surface area contributed by atoms with Crippen LogP contribution in [0.3, 0.4) is 0 Å². The van der Waals surface area contributed by atoms with Crippen LogP contribution in [-0.2, 0) is 10.3 Å². The molecule has 0 spiro atoms. The molecule has 1 saturated carbocycles. The summed E-state index contributed by atoms with van der Waals surface area (Å²) < 4.78 is 6.20. The van der Waals surface area contributed by atoms with Crippen molar-refractivity contribution in [1.82, 2.24) is 5.32 Å². The first-order valence-corrected chi connectivity index (χ1v) is 8.06. The highest BCUT2D eigenvalue weighted by Crippen LogP contribution is 2.31. The molecule has 3 heteroatoms. The van der Waals surface area contributed by atoms with E-state index in [0.29, 0.717) is 12.7 Å². The molecule has 3 nitrogen and oxygen atoms in total. The summed E-state index contributed by atoms with van der Waals surface area (Å²) in [5.41, 5.74) is 0.567. The molecule has 1 aromatic rings. The number of aliphatic hydroxyl groups is 1. The molecule has 2 N–H and O–H groups in total. The molecular weight excluding hydrogens is 262 g/mol. The van der Waals surface area contributed by atoms with Crippen molar-refractivity contribution >= 4 is 0 Å². The first-order chi connectivity index (χ1) is 10.1. The highest BCUT2D eigenvalue weighted by Gasteiger charge is 2.32. The van der Waals surface area contributed by atoms with Crippen LogP contribution in [0.4, 0.5) is 0 Å². The fraction of sp³-hybridized carbons (Fsp3) is 0.667. The van der Waals surface area contributed by atoms with Crippen molar-refractivity contribution in [3.63, 3.8) is 0 Å². The maximum absolute atomic E-state index is 9.92. The number of nitrogens with one attached hydrogen (secondary N) is 1. The Hall–Kier alpha value is -0.900. The van der Waals surface area contributed by atoms with Gasteiger partial charge in [-0.25, -0.2) is 0 Å². The van der Waals surface area contributed by atoms with E-state index in [1.165, 1.54) is 6.42 Å². The molecule has 118 valence electrons. The van der Waals surface area contributed by atoms with Gasteiger partial charge in [0.1, 0.15) is 0 Å². The fourth-order valence-electron chi connectivity index (χ4n) is 3.54. The van der Waals surface area contributed by atoms with Crippen molar-refractivity contribution in [3.05, 3.63) is 35.9 Å². The van der Waals surface area contributed by atoms with E-state index >= 15 is 0 Å². The Morgan fingerprint density at radius 2 is 1.76 bits per heavy atom. The van der Waals surface area contributed by atoms with E-state index in [0.717, 1.165) is 30.2 Å². The Morgan fingerprint density at radius 3 is 2.29 bits per heavy atom. The molecule has 3 atom stereocenters. The van der Waals surface area contributed by atoms with Crippen LogP contribution in [0.15, 0.2) is 30.3 Å². The zero-order valence-electron chi connectivity index (χ0n) is 13.5. The topological polar surface area (TPSA) is 41.5 Å². The lowest BCUT2D eigenvalue weighted by Gasteiger charge is -2.37. The molecule has 3 unspecified atom stereocenters. The van der Waals surface area contributed by atoms with Crippen LogP contribution in [-0.4, -0.2) is 31.5 Å². The lowest BCUT2D eigenvalue weighted by atomic mass is 9.81. The zero-order valence-corrected chi connectivity index (χ0v) is 13.5. The third kappa shape index (κ3) is 4.06. The zero-order chi connectivity index (χ0) is 15.3. The Bertz CT molecular complexity index is 406. The molecule has 0 saturated heterocycles. The lowest BCUT2D eigenvalue weighted by Crippen LogP contribution is -2.48. The Kier molecular flexibility index (Phi) is 5.80. The number of ether oxygens (including phenoxy) is 1. The fourth-order valence-corrected chi connectivity index (χ4v) is 3.54. The highest BCUT2D eigenvalue weighted by atomic mass is 16.5. The van der Waals surface area contributed by atoms with E-state index in [2.05, 4.69) is 19.2 Å². The largest absolute Gasteiger partial charge is 0.394 e. The highest BCUT2D eigenvalue weighted by molar-refractivity contribution is 5.24. The quantitative estimate of drug-likeness (QED) is 0.847. The predicted molar refractivity (Wildman–Crippen MR) is 86.2 cm³/mol. The predicted octanol–water partition coefficient (Wildman–Crippen LogP) is 2.93. The lowest BCUT2D eigenvalue weighted by molar-refractivity contribution is -0.0408. The minimum atomic E-state index is -0.509. The SMILES string of the molecule is CNC(CO)(COC1CC(C)CC(C)C1)c1ccccc1. The van der Waals surface area contributed by atoms with Gasteiger partial charge in [0.05, 0.1) is 24.9 Å². The Labute approximate surface area is 128 Å². The summed E-state index contributed by atoms with van der Waals surface area (Å²) >= 11 is 0. The maximum atomic E-state index is 9.92. The number of benzene rings is 1. The van der Waals surface area contributed by atoms with Gasteiger partial charge in [-0.2, -0.15) is 0 Å². The summed E-state index contributed by atoms with van der Waals surface area (Å²) in [6, 6.07) is 10.1. The molecule has 0 radical (unpaired) electrons. The molecule has 1 aromatic carbocycles. The van der Waals surface area contributed by atoms with E-state index < -0.39 is 5.54 Å². The molecule has 1 fully saturated rings. The van der Waals surface area contributed by atoms with Gasteiger partial charge in [-0.1, -0.05) is 44.2 Å². The normalized spacial score (nSPS) is 29.0. The summed E-state index contributed by atoms with van der Waals surface area (Å²) in [6.07, 6.45) is 3.87. The van der Waals surface area contributed by atoms with E-state index in [-0.39, 0.29) is 6.61 Å². The van der Waals surface area contributed by atoms with Gasteiger partial charge in [0.15, 0.2) is 0 Å². The molecule has 0 aliphatic heterocycles. The summed E-state index contributed by atoms with van der Waals surface area (Å²) in [7, 11) is 1.89. The summed E-state index contributed by atoms with van der Waals surface area (Å²) in [5, 5.41) is 13.2. The number of hydrogen-bond donors (Lipinski definition) is 2. The van der Waals surface area contributed by atoms with Gasteiger partial charge < -0.3 is 15.2 Å². The third-order valence-electron chi connectivity index (χ3n) is 4.78. The van der Waals surface area contributed by atoms with Gasteiger partial charge in [-0.3, -0.25) is 0 Å². The van der Waals surface area contributed by atoms with Crippen LogP contribution in [0.25, 0.3) is 0 Å². The number of aliphatic hydroxyl groups excluding tert-OH is 1. The van der Waals surface area contributed by atoms with Gasteiger partial charge in [-0.15, -0.1) is 0 Å². The van der Waals surface area contributed by atoms with Crippen molar-refractivity contribution < 1.29 is 9.84 Å². The van der Waals surface area contributed by atoms with E-state index in [1.54, 1.807) is 0 Å². The molecule has 1 aliphatic carbocycles.